The molecule has 1 aliphatic rings. The van der Waals surface area contributed by atoms with Crippen LogP contribution < -0.4 is 0 Å². The number of hydrogen-bond acceptors (Lipinski definition) is 3. The minimum atomic E-state index is -0.363. The van der Waals surface area contributed by atoms with Gasteiger partial charge in [0.1, 0.15) is 0 Å². The second-order valence-corrected chi connectivity index (χ2v) is 4.70. The van der Waals surface area contributed by atoms with Crippen molar-refractivity contribution in [2.45, 2.75) is 12.8 Å². The molecule has 1 aromatic carbocycles. The number of ether oxygens (including phenoxy) is 1. The van der Waals surface area contributed by atoms with Gasteiger partial charge in [-0.3, -0.25) is 9.59 Å². The molecule has 0 aliphatic carbocycles. The summed E-state index contributed by atoms with van der Waals surface area (Å²) in [6.45, 7) is 2.41. The molecule has 0 aromatic heterocycles. The molecule has 1 fully saturated rings. The first-order valence-corrected chi connectivity index (χ1v) is 6.56. The van der Waals surface area contributed by atoms with Crippen molar-refractivity contribution < 1.29 is 14.3 Å². The van der Waals surface area contributed by atoms with Gasteiger partial charge in [0.05, 0.1) is 13.2 Å². The molecule has 2 rings (SSSR count). The van der Waals surface area contributed by atoms with E-state index in [1.54, 1.807) is 4.90 Å². The van der Waals surface area contributed by atoms with Gasteiger partial charge in [0, 0.05) is 25.4 Å². The lowest BCUT2D eigenvalue weighted by atomic mass is 9.97. The van der Waals surface area contributed by atoms with Crippen LogP contribution in [-0.2, 0) is 20.7 Å². The number of amides is 1. The first kappa shape index (κ1) is 13.7. The zero-order chi connectivity index (χ0) is 13.5. The summed E-state index contributed by atoms with van der Waals surface area (Å²) < 4.78 is 5.21. The molecule has 0 unspecified atom stereocenters. The van der Waals surface area contributed by atoms with Gasteiger partial charge in [-0.25, -0.2) is 0 Å². The Hall–Kier alpha value is -1.68. The summed E-state index contributed by atoms with van der Waals surface area (Å²) in [5.74, 6) is -0.342. The minimum Gasteiger partial charge on any atom is -0.378 e. The van der Waals surface area contributed by atoms with Gasteiger partial charge >= 0.3 is 0 Å². The Morgan fingerprint density at radius 1 is 1.26 bits per heavy atom. The lowest BCUT2D eigenvalue weighted by Gasteiger charge is -2.27. The second-order valence-electron chi connectivity index (χ2n) is 4.70. The molecule has 4 heteroatoms. The Balaban J connectivity index is 1.88. The van der Waals surface area contributed by atoms with Gasteiger partial charge < -0.3 is 9.64 Å². The molecule has 0 N–H and O–H groups in total. The maximum Gasteiger partial charge on any atom is 0.223 e. The Morgan fingerprint density at radius 3 is 2.58 bits per heavy atom. The predicted octanol–water partition coefficient (Wildman–Crippen LogP) is 1.20. The fraction of sp³-hybridized carbons (Fsp3) is 0.467. The number of morpholine rings is 1. The lowest BCUT2D eigenvalue weighted by Crippen LogP contribution is -2.41. The van der Waals surface area contributed by atoms with E-state index in [1.165, 1.54) is 0 Å². The standard InChI is InChI=1S/C15H18NO3/c17-12-14(10-13-4-2-1-3-5-13)11-15(18)16-6-8-19-9-7-16/h1-5,14H,6-11H2/t14-/m1/s1. The first-order chi connectivity index (χ1) is 9.29. The molecule has 0 spiro atoms. The number of hydrogen-bond donors (Lipinski definition) is 0. The van der Waals surface area contributed by atoms with Crippen LogP contribution in [0, 0.1) is 5.92 Å². The summed E-state index contributed by atoms with van der Waals surface area (Å²) in [6.07, 6.45) is 2.80. The fourth-order valence-corrected chi connectivity index (χ4v) is 2.21. The fourth-order valence-electron chi connectivity index (χ4n) is 2.21. The van der Waals surface area contributed by atoms with Crippen molar-refractivity contribution >= 4 is 12.2 Å². The number of benzene rings is 1. The van der Waals surface area contributed by atoms with Gasteiger partial charge in [-0.15, -0.1) is 0 Å². The van der Waals surface area contributed by atoms with Crippen LogP contribution in [0.5, 0.6) is 0 Å². The molecule has 1 aromatic rings. The third-order valence-electron chi connectivity index (χ3n) is 3.28. The van der Waals surface area contributed by atoms with Gasteiger partial charge in [0.15, 0.2) is 0 Å². The molecule has 101 valence electrons. The van der Waals surface area contributed by atoms with Crippen molar-refractivity contribution in [3.63, 3.8) is 0 Å². The maximum absolute atomic E-state index is 12.0. The topological polar surface area (TPSA) is 46.6 Å². The molecule has 19 heavy (non-hydrogen) atoms. The first-order valence-electron chi connectivity index (χ1n) is 6.56. The molecule has 4 nitrogen and oxygen atoms in total. The van der Waals surface area contributed by atoms with E-state index < -0.39 is 0 Å². The van der Waals surface area contributed by atoms with Crippen molar-refractivity contribution in [1.82, 2.24) is 4.90 Å². The molecule has 0 saturated carbocycles. The van der Waals surface area contributed by atoms with Crippen LogP contribution >= 0.6 is 0 Å². The number of carbonyl (C=O) groups is 1. The second kappa shape index (κ2) is 7.04. The van der Waals surface area contributed by atoms with Crippen LogP contribution in [0.1, 0.15) is 12.0 Å². The number of nitrogens with zero attached hydrogens (tertiary/aromatic N) is 1. The highest BCUT2D eigenvalue weighted by atomic mass is 16.5. The van der Waals surface area contributed by atoms with Gasteiger partial charge in [0.25, 0.3) is 0 Å². The van der Waals surface area contributed by atoms with Crippen molar-refractivity contribution in [3.05, 3.63) is 35.9 Å². The third-order valence-corrected chi connectivity index (χ3v) is 3.28. The Morgan fingerprint density at radius 2 is 1.95 bits per heavy atom. The van der Waals surface area contributed by atoms with Crippen LogP contribution in [0.15, 0.2) is 30.3 Å². The summed E-state index contributed by atoms with van der Waals surface area (Å²) >= 11 is 0. The maximum atomic E-state index is 12.0. The van der Waals surface area contributed by atoms with E-state index in [2.05, 4.69) is 0 Å². The van der Waals surface area contributed by atoms with Gasteiger partial charge in [0.2, 0.25) is 12.2 Å². The zero-order valence-electron chi connectivity index (χ0n) is 10.9. The summed E-state index contributed by atoms with van der Waals surface area (Å²) in [5, 5.41) is 0. The third kappa shape index (κ3) is 4.17. The van der Waals surface area contributed by atoms with Crippen LogP contribution in [0.25, 0.3) is 0 Å². The van der Waals surface area contributed by atoms with E-state index in [9.17, 15) is 9.59 Å². The minimum absolute atomic E-state index is 0.0209. The van der Waals surface area contributed by atoms with E-state index in [-0.39, 0.29) is 18.2 Å². The van der Waals surface area contributed by atoms with Gasteiger partial charge in [-0.05, 0) is 12.0 Å². The van der Waals surface area contributed by atoms with Crippen molar-refractivity contribution in [3.8, 4) is 0 Å². The Bertz CT molecular complexity index is 413. The number of carbonyl (C=O) groups excluding carboxylic acids is 2. The molecule has 1 saturated heterocycles. The van der Waals surface area contributed by atoms with E-state index in [1.807, 2.05) is 36.6 Å². The van der Waals surface area contributed by atoms with Crippen LogP contribution in [0.4, 0.5) is 0 Å². The van der Waals surface area contributed by atoms with Crippen molar-refractivity contribution in [2.24, 2.45) is 5.92 Å². The monoisotopic (exact) mass is 260 g/mol. The van der Waals surface area contributed by atoms with Crippen LogP contribution in [0.2, 0.25) is 0 Å². The largest absolute Gasteiger partial charge is 0.378 e. The normalized spacial score (nSPS) is 16.9. The van der Waals surface area contributed by atoms with Crippen molar-refractivity contribution in [2.75, 3.05) is 26.3 Å². The molecular weight excluding hydrogens is 242 g/mol. The highest BCUT2D eigenvalue weighted by molar-refractivity contribution is 5.79. The Labute approximate surface area is 113 Å². The molecular formula is C15H18NO3. The molecule has 1 radical (unpaired) electrons. The lowest BCUT2D eigenvalue weighted by molar-refractivity contribution is -0.135. The molecule has 1 heterocycles. The van der Waals surface area contributed by atoms with Gasteiger partial charge in [-0.1, -0.05) is 30.3 Å². The van der Waals surface area contributed by atoms with Gasteiger partial charge in [-0.2, -0.15) is 0 Å². The van der Waals surface area contributed by atoms with E-state index in [4.69, 9.17) is 4.74 Å². The highest BCUT2D eigenvalue weighted by Crippen LogP contribution is 2.12. The summed E-state index contributed by atoms with van der Waals surface area (Å²) in [6, 6.07) is 9.72. The molecule has 1 amide bonds. The average molecular weight is 260 g/mol. The predicted molar refractivity (Wildman–Crippen MR) is 71.3 cm³/mol. The smallest absolute Gasteiger partial charge is 0.223 e. The molecule has 1 aliphatic heterocycles. The zero-order valence-corrected chi connectivity index (χ0v) is 10.9. The van der Waals surface area contributed by atoms with E-state index in [0.717, 1.165) is 5.56 Å². The summed E-state index contributed by atoms with van der Waals surface area (Å²) in [4.78, 5) is 24.8. The SMILES string of the molecule is O=[C][C@@H](CC(=O)N1CCOCC1)Cc1ccccc1. The van der Waals surface area contributed by atoms with Crippen LogP contribution in [-0.4, -0.2) is 43.4 Å². The quantitative estimate of drug-likeness (QED) is 0.799. The molecule has 0 bridgehead atoms. The average Bonchev–Trinajstić information content (AvgIpc) is 2.48. The molecule has 1 atom stereocenters. The van der Waals surface area contributed by atoms with Crippen molar-refractivity contribution in [1.29, 1.82) is 0 Å². The van der Waals surface area contributed by atoms with Crippen LogP contribution in [0.3, 0.4) is 0 Å². The van der Waals surface area contributed by atoms with E-state index in [0.29, 0.717) is 32.7 Å². The summed E-state index contributed by atoms with van der Waals surface area (Å²) in [7, 11) is 0. The highest BCUT2D eigenvalue weighted by Gasteiger charge is 2.21. The Kier molecular flexibility index (Phi) is 5.10. The number of rotatable bonds is 5. The van der Waals surface area contributed by atoms with E-state index >= 15 is 0 Å². The summed E-state index contributed by atoms with van der Waals surface area (Å²) in [5.41, 5.74) is 1.06.